The average Bonchev–Trinajstić information content (AvgIpc) is 2.91. The van der Waals surface area contributed by atoms with E-state index in [-0.39, 0.29) is 36.7 Å². The number of nitrogens with zero attached hydrogens (tertiary/aromatic N) is 1. The predicted molar refractivity (Wildman–Crippen MR) is 91.7 cm³/mol. The van der Waals surface area contributed by atoms with Crippen LogP contribution < -0.4 is 5.32 Å². The average molecular weight is 356 g/mol. The van der Waals surface area contributed by atoms with Gasteiger partial charge in [0.15, 0.2) is 0 Å². The highest BCUT2D eigenvalue weighted by Crippen LogP contribution is 2.34. The first-order valence-electron chi connectivity index (χ1n) is 8.45. The highest BCUT2D eigenvalue weighted by atomic mass is 16.5. The van der Waals surface area contributed by atoms with E-state index in [0.717, 1.165) is 10.5 Å². The molecule has 1 fully saturated rings. The summed E-state index contributed by atoms with van der Waals surface area (Å²) in [5, 5.41) is 2.69. The molecule has 1 aliphatic carbocycles. The maximum Gasteiger partial charge on any atom is 0.337 e. The number of ether oxygens (including phenoxy) is 1. The van der Waals surface area contributed by atoms with E-state index in [1.54, 1.807) is 24.3 Å². The molecule has 2 atom stereocenters. The molecule has 0 spiro atoms. The fourth-order valence-corrected chi connectivity index (χ4v) is 3.30. The molecule has 3 rings (SSSR count). The van der Waals surface area contributed by atoms with Gasteiger partial charge in [-0.05, 0) is 30.5 Å². The van der Waals surface area contributed by atoms with Gasteiger partial charge in [0, 0.05) is 6.54 Å². The smallest absolute Gasteiger partial charge is 0.337 e. The van der Waals surface area contributed by atoms with Gasteiger partial charge < -0.3 is 10.1 Å². The molecule has 0 aromatic heterocycles. The summed E-state index contributed by atoms with van der Waals surface area (Å²) in [7, 11) is 1.31. The first-order valence-corrected chi connectivity index (χ1v) is 8.45. The Balaban J connectivity index is 1.54. The number of hydrogen-bond donors (Lipinski definition) is 1. The first-order chi connectivity index (χ1) is 12.5. The van der Waals surface area contributed by atoms with Crippen molar-refractivity contribution >= 4 is 23.7 Å². The molecule has 1 aromatic carbocycles. The minimum atomic E-state index is -0.428. The zero-order chi connectivity index (χ0) is 18.7. The van der Waals surface area contributed by atoms with Crippen LogP contribution in [-0.2, 0) is 25.7 Å². The Kier molecular flexibility index (Phi) is 5.16. The molecule has 0 bridgehead atoms. The highest BCUT2D eigenvalue weighted by molar-refractivity contribution is 6.07. The number of esters is 1. The van der Waals surface area contributed by atoms with Gasteiger partial charge in [-0.15, -0.1) is 0 Å². The Bertz CT molecular complexity index is 743. The number of imide groups is 1. The Morgan fingerprint density at radius 2 is 1.65 bits per heavy atom. The zero-order valence-electron chi connectivity index (χ0n) is 14.4. The van der Waals surface area contributed by atoms with Crippen molar-refractivity contribution in [3.63, 3.8) is 0 Å². The molecule has 0 saturated carbocycles. The Labute approximate surface area is 151 Å². The van der Waals surface area contributed by atoms with Gasteiger partial charge in [0.1, 0.15) is 6.54 Å². The number of benzene rings is 1. The van der Waals surface area contributed by atoms with Gasteiger partial charge in [0.25, 0.3) is 0 Å². The monoisotopic (exact) mass is 356 g/mol. The second-order valence-corrected chi connectivity index (χ2v) is 6.38. The van der Waals surface area contributed by atoms with E-state index >= 15 is 0 Å². The number of carbonyl (C=O) groups is 4. The summed E-state index contributed by atoms with van der Waals surface area (Å²) in [5.74, 6) is -2.00. The number of rotatable bonds is 5. The van der Waals surface area contributed by atoms with Crippen molar-refractivity contribution in [1.82, 2.24) is 10.2 Å². The summed E-state index contributed by atoms with van der Waals surface area (Å²) < 4.78 is 4.63. The maximum absolute atomic E-state index is 12.3. The minimum absolute atomic E-state index is 0.241. The number of allylic oxidation sites excluding steroid dienone is 2. The largest absolute Gasteiger partial charge is 0.465 e. The topological polar surface area (TPSA) is 92.8 Å². The molecule has 1 N–H and O–H groups in total. The molecule has 0 radical (unpaired) electrons. The lowest BCUT2D eigenvalue weighted by atomic mass is 9.85. The fourth-order valence-electron chi connectivity index (χ4n) is 3.30. The minimum Gasteiger partial charge on any atom is -0.465 e. The second kappa shape index (κ2) is 7.51. The number of carbonyl (C=O) groups excluding carboxylic acids is 4. The van der Waals surface area contributed by atoms with Crippen LogP contribution in [0, 0.1) is 11.8 Å². The van der Waals surface area contributed by atoms with Crippen molar-refractivity contribution in [3.05, 3.63) is 47.5 Å². The molecule has 7 heteroatoms. The molecule has 26 heavy (non-hydrogen) atoms. The highest BCUT2D eigenvalue weighted by Gasteiger charge is 2.47. The SMILES string of the molecule is COC(=O)c1ccc(CNC(=O)CN2C(=O)[C@H]3CC=CC[C@@H]3C2=O)cc1. The van der Waals surface area contributed by atoms with E-state index in [2.05, 4.69) is 10.1 Å². The van der Waals surface area contributed by atoms with Gasteiger partial charge in [-0.2, -0.15) is 0 Å². The fraction of sp³-hybridized carbons (Fsp3) is 0.368. The normalized spacial score (nSPS) is 21.5. The van der Waals surface area contributed by atoms with Crippen LogP contribution in [0.1, 0.15) is 28.8 Å². The molecule has 1 aromatic rings. The zero-order valence-corrected chi connectivity index (χ0v) is 14.4. The van der Waals surface area contributed by atoms with Gasteiger partial charge in [0.05, 0.1) is 24.5 Å². The lowest BCUT2D eigenvalue weighted by Crippen LogP contribution is -2.40. The third kappa shape index (κ3) is 3.51. The molecular formula is C19H20N2O5. The molecular weight excluding hydrogens is 336 g/mol. The van der Waals surface area contributed by atoms with E-state index in [1.165, 1.54) is 7.11 Å². The molecule has 1 saturated heterocycles. The van der Waals surface area contributed by atoms with Crippen molar-refractivity contribution in [2.24, 2.45) is 11.8 Å². The standard InChI is InChI=1S/C19H20N2O5/c1-26-19(25)13-8-6-12(7-9-13)10-20-16(22)11-21-17(23)14-4-2-3-5-15(14)18(21)24/h2-3,6-9,14-15H,4-5,10-11H2,1H3,(H,20,22)/t14-,15-/m0/s1. The first kappa shape index (κ1) is 17.8. The number of nitrogens with one attached hydrogen (secondary N) is 1. The van der Waals surface area contributed by atoms with Crippen LogP contribution in [0.15, 0.2) is 36.4 Å². The van der Waals surface area contributed by atoms with E-state index in [0.29, 0.717) is 18.4 Å². The lowest BCUT2D eigenvalue weighted by molar-refractivity contribution is -0.143. The summed E-state index contributed by atoms with van der Waals surface area (Å²) in [4.78, 5) is 49.3. The van der Waals surface area contributed by atoms with Crippen molar-refractivity contribution < 1.29 is 23.9 Å². The third-order valence-corrected chi connectivity index (χ3v) is 4.77. The van der Waals surface area contributed by atoms with Crippen molar-refractivity contribution in [1.29, 1.82) is 0 Å². The van der Waals surface area contributed by atoms with Gasteiger partial charge in [-0.3, -0.25) is 19.3 Å². The maximum atomic E-state index is 12.3. The van der Waals surface area contributed by atoms with E-state index < -0.39 is 11.9 Å². The Morgan fingerprint density at radius 3 is 2.19 bits per heavy atom. The van der Waals surface area contributed by atoms with Gasteiger partial charge in [0.2, 0.25) is 17.7 Å². The van der Waals surface area contributed by atoms with Crippen LogP contribution in [0.25, 0.3) is 0 Å². The van der Waals surface area contributed by atoms with Crippen LogP contribution in [0.3, 0.4) is 0 Å². The van der Waals surface area contributed by atoms with Gasteiger partial charge in [-0.25, -0.2) is 4.79 Å². The molecule has 1 aliphatic heterocycles. The summed E-state index contributed by atoms with van der Waals surface area (Å²) in [6.45, 7) is -0.0180. The number of likely N-dealkylation sites (tertiary alicyclic amines) is 1. The summed E-state index contributed by atoms with van der Waals surface area (Å²) in [5.41, 5.74) is 1.22. The third-order valence-electron chi connectivity index (χ3n) is 4.77. The van der Waals surface area contributed by atoms with E-state index in [1.807, 2.05) is 12.2 Å². The summed E-state index contributed by atoms with van der Waals surface area (Å²) in [6.07, 6.45) is 4.93. The van der Waals surface area contributed by atoms with Crippen molar-refractivity contribution in [2.45, 2.75) is 19.4 Å². The van der Waals surface area contributed by atoms with E-state index in [4.69, 9.17) is 0 Å². The van der Waals surface area contributed by atoms with Crippen molar-refractivity contribution in [2.75, 3.05) is 13.7 Å². The Morgan fingerprint density at radius 1 is 1.08 bits per heavy atom. The molecule has 7 nitrogen and oxygen atoms in total. The van der Waals surface area contributed by atoms with Gasteiger partial charge in [-0.1, -0.05) is 24.3 Å². The second-order valence-electron chi connectivity index (χ2n) is 6.38. The van der Waals surface area contributed by atoms with Crippen LogP contribution >= 0.6 is 0 Å². The quantitative estimate of drug-likeness (QED) is 0.483. The molecule has 1 heterocycles. The number of methoxy groups -OCH3 is 1. The van der Waals surface area contributed by atoms with Crippen LogP contribution in [0.2, 0.25) is 0 Å². The van der Waals surface area contributed by atoms with Crippen molar-refractivity contribution in [3.8, 4) is 0 Å². The number of hydrogen-bond acceptors (Lipinski definition) is 5. The summed E-state index contributed by atoms with van der Waals surface area (Å²) in [6, 6.07) is 6.63. The predicted octanol–water partition coefficient (Wildman–Crippen LogP) is 1.04. The molecule has 0 unspecified atom stereocenters. The number of amides is 3. The van der Waals surface area contributed by atoms with Crippen LogP contribution in [0.5, 0.6) is 0 Å². The van der Waals surface area contributed by atoms with Gasteiger partial charge >= 0.3 is 5.97 Å². The van der Waals surface area contributed by atoms with Crippen LogP contribution in [0.4, 0.5) is 0 Å². The summed E-state index contributed by atoms with van der Waals surface area (Å²) >= 11 is 0. The lowest BCUT2D eigenvalue weighted by Gasteiger charge is -2.14. The molecule has 2 aliphatic rings. The molecule has 3 amide bonds. The number of fused-ring (bicyclic) bond motifs is 1. The van der Waals surface area contributed by atoms with Crippen LogP contribution in [-0.4, -0.2) is 42.2 Å². The van der Waals surface area contributed by atoms with E-state index in [9.17, 15) is 19.2 Å². The molecule has 136 valence electrons. The Hall–Kier alpha value is -2.96.